The molecule has 3 aromatic heterocycles. The fourth-order valence-electron chi connectivity index (χ4n) is 2.82. The number of hydrogen-bond acceptors (Lipinski definition) is 7. The number of methoxy groups -OCH3 is 1. The fraction of sp³-hybridized carbons (Fsp3) is 0.500. The zero-order chi connectivity index (χ0) is 22.1. The smallest absolute Gasteiger partial charge is 0.405 e. The van der Waals surface area contributed by atoms with Crippen molar-refractivity contribution in [2.75, 3.05) is 25.6 Å². The number of aromatic nitrogens is 5. The molecule has 5 rings (SSSR count). The Balaban J connectivity index is 0.000000171. The largest absolute Gasteiger partial charge is 0.465 e. The number of H-pyrrole nitrogens is 1. The van der Waals surface area contributed by atoms with E-state index in [4.69, 9.17) is 14.6 Å². The molecule has 0 spiro atoms. The Morgan fingerprint density at radius 1 is 1.35 bits per heavy atom. The van der Waals surface area contributed by atoms with Crippen LogP contribution < -0.4 is 10.6 Å². The van der Waals surface area contributed by atoms with Crippen LogP contribution in [0, 0.1) is 0 Å². The molecule has 1 aliphatic heterocycles. The maximum absolute atomic E-state index is 9.94. The van der Waals surface area contributed by atoms with Gasteiger partial charge in [0.05, 0.1) is 18.5 Å². The predicted octanol–water partition coefficient (Wildman–Crippen LogP) is 2.95. The summed E-state index contributed by atoms with van der Waals surface area (Å²) in [5, 5.41) is 24.8. The van der Waals surface area contributed by atoms with Crippen LogP contribution in [-0.2, 0) is 16.1 Å². The van der Waals surface area contributed by atoms with Gasteiger partial charge in [-0.1, -0.05) is 0 Å². The van der Waals surface area contributed by atoms with E-state index in [0.717, 1.165) is 48.9 Å². The average molecular weight is 431 g/mol. The number of carbonyl (C=O) groups is 1. The quantitative estimate of drug-likeness (QED) is 0.484. The molecule has 0 bridgehead atoms. The number of ether oxygens (including phenoxy) is 2. The molecule has 31 heavy (non-hydrogen) atoms. The van der Waals surface area contributed by atoms with Gasteiger partial charge < -0.3 is 25.2 Å². The van der Waals surface area contributed by atoms with E-state index in [0.29, 0.717) is 6.61 Å². The topological polar surface area (TPSA) is 139 Å². The van der Waals surface area contributed by atoms with Crippen molar-refractivity contribution in [3.63, 3.8) is 0 Å². The van der Waals surface area contributed by atoms with E-state index >= 15 is 0 Å². The van der Waals surface area contributed by atoms with Crippen LogP contribution in [0.15, 0.2) is 30.7 Å². The Bertz CT molecular complexity index is 942. The number of rotatable bonds is 5. The third kappa shape index (κ3) is 7.23. The summed E-state index contributed by atoms with van der Waals surface area (Å²) in [6, 6.07) is 3.77. The molecule has 0 atom stereocenters. The van der Waals surface area contributed by atoms with Crippen molar-refractivity contribution in [1.29, 1.82) is 0 Å². The first-order valence-electron chi connectivity index (χ1n) is 10.2. The minimum absolute atomic E-state index is 0.0775. The van der Waals surface area contributed by atoms with E-state index < -0.39 is 6.09 Å². The zero-order valence-electron chi connectivity index (χ0n) is 17.8. The third-order valence-corrected chi connectivity index (χ3v) is 4.72. The molecule has 11 heteroatoms. The van der Waals surface area contributed by atoms with Crippen molar-refractivity contribution < 1.29 is 19.4 Å². The summed E-state index contributed by atoms with van der Waals surface area (Å²) in [7, 11) is 1.64. The molecule has 2 aliphatic rings. The highest BCUT2D eigenvalue weighted by Crippen LogP contribution is 2.33. The fourth-order valence-corrected chi connectivity index (χ4v) is 2.82. The van der Waals surface area contributed by atoms with E-state index in [1.54, 1.807) is 30.2 Å². The van der Waals surface area contributed by atoms with Crippen molar-refractivity contribution in [3.05, 3.63) is 36.4 Å². The van der Waals surface area contributed by atoms with E-state index in [1.165, 1.54) is 12.8 Å². The van der Waals surface area contributed by atoms with Gasteiger partial charge in [0.25, 0.3) is 0 Å². The molecule has 1 aliphatic carbocycles. The molecular weight excluding hydrogens is 402 g/mol. The molecule has 1 saturated heterocycles. The van der Waals surface area contributed by atoms with Crippen molar-refractivity contribution >= 4 is 23.2 Å². The lowest BCUT2D eigenvalue weighted by molar-refractivity contribution is 0.181. The molecule has 0 radical (unpaired) electrons. The van der Waals surface area contributed by atoms with Crippen LogP contribution >= 0.6 is 0 Å². The van der Waals surface area contributed by atoms with Gasteiger partial charge in [-0.05, 0) is 38.7 Å². The second-order valence-corrected chi connectivity index (χ2v) is 7.58. The number of fused-ring (bicyclic) bond motifs is 1. The van der Waals surface area contributed by atoms with Crippen LogP contribution in [0.5, 0.6) is 0 Å². The molecule has 3 aromatic rings. The van der Waals surface area contributed by atoms with Crippen LogP contribution in [0.2, 0.25) is 0 Å². The van der Waals surface area contributed by atoms with Gasteiger partial charge in [-0.2, -0.15) is 10.2 Å². The van der Waals surface area contributed by atoms with Gasteiger partial charge in [-0.3, -0.25) is 5.10 Å². The van der Waals surface area contributed by atoms with Crippen LogP contribution in [0.1, 0.15) is 38.3 Å². The van der Waals surface area contributed by atoms with Gasteiger partial charge >= 0.3 is 6.09 Å². The van der Waals surface area contributed by atoms with Gasteiger partial charge in [0.15, 0.2) is 5.82 Å². The van der Waals surface area contributed by atoms with Crippen LogP contribution in [0.4, 0.5) is 16.4 Å². The van der Waals surface area contributed by atoms with Gasteiger partial charge in [0.1, 0.15) is 11.3 Å². The molecule has 0 aromatic carbocycles. The van der Waals surface area contributed by atoms with Crippen LogP contribution in [-0.4, -0.2) is 61.9 Å². The summed E-state index contributed by atoms with van der Waals surface area (Å²) in [6.07, 6.45) is 8.78. The Morgan fingerprint density at radius 3 is 2.65 bits per heavy atom. The lowest BCUT2D eigenvalue weighted by atomic mass is 10.3. The number of aromatic amines is 1. The van der Waals surface area contributed by atoms with E-state index in [2.05, 4.69) is 30.9 Å². The normalized spacial score (nSPS) is 15.9. The first-order valence-corrected chi connectivity index (χ1v) is 10.2. The van der Waals surface area contributed by atoms with Crippen LogP contribution in [0.3, 0.4) is 0 Å². The molecule has 0 unspecified atom stereocenters. The zero-order valence-corrected chi connectivity index (χ0v) is 17.8. The molecule has 4 heterocycles. The highest BCUT2D eigenvalue weighted by Gasteiger charge is 2.38. The summed E-state index contributed by atoms with van der Waals surface area (Å²) in [4.78, 5) is 14.2. The van der Waals surface area contributed by atoms with Gasteiger partial charge in [-0.15, -0.1) is 0 Å². The Hall–Kier alpha value is -3.18. The lowest BCUT2D eigenvalue weighted by Crippen LogP contribution is -2.32. The second kappa shape index (κ2) is 10.7. The molecule has 4 N–H and O–H groups in total. The van der Waals surface area contributed by atoms with E-state index in [1.807, 2.05) is 19.1 Å². The maximum Gasteiger partial charge on any atom is 0.405 e. The highest BCUT2D eigenvalue weighted by atomic mass is 16.5. The van der Waals surface area contributed by atoms with Crippen LogP contribution in [0.25, 0.3) is 5.52 Å². The van der Waals surface area contributed by atoms with Crippen molar-refractivity contribution in [1.82, 2.24) is 30.1 Å². The average Bonchev–Trinajstić information content (AvgIpc) is 3.26. The number of carboxylic acid groups (broad SMARTS) is 1. The van der Waals surface area contributed by atoms with Crippen molar-refractivity contribution in [3.8, 4) is 0 Å². The maximum atomic E-state index is 9.94. The highest BCUT2D eigenvalue weighted by molar-refractivity contribution is 5.72. The Labute approximate surface area is 180 Å². The summed E-state index contributed by atoms with van der Waals surface area (Å²) in [5.41, 5.74) is 1.67. The molecule has 2 fully saturated rings. The SMILES string of the molecule is C1CCOC1.CC1(NC(=O)O)CC1.COCc1cc2c(Nc3ccn[nH]3)nccn2n1. The number of hydrogen-bond donors (Lipinski definition) is 4. The molecule has 1 amide bonds. The number of nitrogens with zero attached hydrogens (tertiary/aromatic N) is 4. The lowest BCUT2D eigenvalue weighted by Gasteiger charge is -2.04. The van der Waals surface area contributed by atoms with Crippen molar-refractivity contribution in [2.24, 2.45) is 0 Å². The van der Waals surface area contributed by atoms with Gasteiger partial charge in [0.2, 0.25) is 0 Å². The first kappa shape index (κ1) is 22.5. The van der Waals surface area contributed by atoms with Crippen molar-refractivity contribution in [2.45, 2.75) is 44.8 Å². The molecule has 1 saturated carbocycles. The molecule has 11 nitrogen and oxygen atoms in total. The molecular formula is C20H29N7O4. The van der Waals surface area contributed by atoms with Gasteiger partial charge in [-0.25, -0.2) is 14.3 Å². The monoisotopic (exact) mass is 431 g/mol. The van der Waals surface area contributed by atoms with Gasteiger partial charge in [0, 0.05) is 44.3 Å². The summed E-state index contributed by atoms with van der Waals surface area (Å²) >= 11 is 0. The minimum atomic E-state index is -0.912. The summed E-state index contributed by atoms with van der Waals surface area (Å²) in [5.74, 6) is 1.50. The Morgan fingerprint density at radius 2 is 2.13 bits per heavy atom. The van der Waals surface area contributed by atoms with E-state index in [-0.39, 0.29) is 5.54 Å². The third-order valence-electron chi connectivity index (χ3n) is 4.72. The first-order chi connectivity index (χ1) is 15.0. The number of amides is 1. The Kier molecular flexibility index (Phi) is 7.79. The predicted molar refractivity (Wildman–Crippen MR) is 114 cm³/mol. The number of anilines is 2. The molecule has 168 valence electrons. The number of nitrogens with one attached hydrogen (secondary N) is 3. The second-order valence-electron chi connectivity index (χ2n) is 7.58. The minimum Gasteiger partial charge on any atom is -0.465 e. The standard InChI is InChI=1S/C11H12N6O.C5H9NO2.C4H8O/c1-18-7-8-6-9-11(12-4-5-17(9)16-8)14-10-2-3-13-15-10;1-5(2-3-5)6-4(7)8;1-2-4-5-3-1/h2-6H,7H2,1H3,(H2,12,13,14,15);6H,2-3H2,1H3,(H,7,8);1-4H2. The summed E-state index contributed by atoms with van der Waals surface area (Å²) in [6.45, 7) is 4.38. The summed E-state index contributed by atoms with van der Waals surface area (Å²) < 4.78 is 11.8. The van der Waals surface area contributed by atoms with E-state index in [9.17, 15) is 4.79 Å².